The van der Waals surface area contributed by atoms with Gasteiger partial charge in [-0.2, -0.15) is 23.7 Å². The number of alkyl halides is 5. The van der Waals surface area contributed by atoms with E-state index in [2.05, 4.69) is 0 Å². The molecule has 0 aromatic heterocycles. The summed E-state index contributed by atoms with van der Waals surface area (Å²) in [5, 5.41) is 17.4. The minimum atomic E-state index is -4.51. The normalized spacial score (nSPS) is 12.9. The van der Waals surface area contributed by atoms with Crippen molar-refractivity contribution in [1.82, 2.24) is 0 Å². The topological polar surface area (TPSA) is 47.6 Å². The van der Waals surface area contributed by atoms with Gasteiger partial charge in [0.25, 0.3) is 0 Å². The average Bonchev–Trinajstić information content (AvgIpc) is 2.16. The molecule has 0 aromatic rings. The van der Waals surface area contributed by atoms with Crippen molar-refractivity contribution in [2.45, 2.75) is 44.7 Å². The molecule has 0 atom stereocenters. The minimum absolute atomic E-state index is 0.570. The van der Waals surface area contributed by atoms with Gasteiger partial charge in [-0.15, -0.1) is 0 Å². The third-order valence-corrected chi connectivity index (χ3v) is 2.25. The molecule has 2 nitrogen and oxygen atoms in total. The lowest BCUT2D eigenvalue weighted by atomic mass is 9.81. The fourth-order valence-corrected chi connectivity index (χ4v) is 1.16. The number of nitrogens with zero attached hydrogens (tertiary/aromatic N) is 2. The van der Waals surface area contributed by atoms with Crippen molar-refractivity contribution in [2.75, 3.05) is 0 Å². The second kappa shape index (κ2) is 5.31. The van der Waals surface area contributed by atoms with Gasteiger partial charge in [0.2, 0.25) is 5.92 Å². The first-order valence-corrected chi connectivity index (χ1v) is 4.81. The van der Waals surface area contributed by atoms with Gasteiger partial charge in [-0.1, -0.05) is 0 Å². The van der Waals surface area contributed by atoms with Crippen molar-refractivity contribution in [3.63, 3.8) is 0 Å². The molecule has 0 heterocycles. The van der Waals surface area contributed by atoms with Crippen LogP contribution in [0.5, 0.6) is 0 Å². The molecular formula is C10H11F5N2. The zero-order valence-corrected chi connectivity index (χ0v) is 9.11. The summed E-state index contributed by atoms with van der Waals surface area (Å²) in [5.74, 6) is -3.10. The lowest BCUT2D eigenvalue weighted by molar-refractivity contribution is -0.138. The molecule has 0 aliphatic carbocycles. The fraction of sp³-hybridized carbons (Fsp3) is 0.800. The van der Waals surface area contributed by atoms with Crippen LogP contribution in [0.3, 0.4) is 0 Å². The van der Waals surface area contributed by atoms with Crippen LogP contribution in [0.1, 0.15) is 32.6 Å². The molecule has 17 heavy (non-hydrogen) atoms. The highest BCUT2D eigenvalue weighted by Crippen LogP contribution is 2.36. The molecule has 0 unspecified atom stereocenters. The Morgan fingerprint density at radius 2 is 1.24 bits per heavy atom. The molecule has 96 valence electrons. The molecular weight excluding hydrogens is 243 g/mol. The van der Waals surface area contributed by atoms with Gasteiger partial charge < -0.3 is 0 Å². The van der Waals surface area contributed by atoms with Gasteiger partial charge in [0.05, 0.1) is 12.1 Å². The van der Waals surface area contributed by atoms with Crippen LogP contribution in [-0.4, -0.2) is 12.1 Å². The number of hydrogen-bond acceptors (Lipinski definition) is 2. The Morgan fingerprint density at radius 3 is 1.53 bits per heavy atom. The van der Waals surface area contributed by atoms with Crippen molar-refractivity contribution in [3.05, 3.63) is 0 Å². The predicted octanol–water partition coefficient (Wildman–Crippen LogP) is 3.80. The summed E-state index contributed by atoms with van der Waals surface area (Å²) in [4.78, 5) is 0. The molecule has 0 spiro atoms. The third-order valence-electron chi connectivity index (χ3n) is 2.25. The zero-order valence-electron chi connectivity index (χ0n) is 9.11. The molecule has 0 bridgehead atoms. The number of rotatable bonds is 5. The van der Waals surface area contributed by atoms with Crippen molar-refractivity contribution in [3.8, 4) is 12.1 Å². The van der Waals surface area contributed by atoms with Crippen molar-refractivity contribution in [1.29, 1.82) is 10.5 Å². The molecule has 7 heteroatoms. The van der Waals surface area contributed by atoms with Gasteiger partial charge in [-0.05, 0) is 19.8 Å². The van der Waals surface area contributed by atoms with Crippen molar-refractivity contribution < 1.29 is 22.0 Å². The summed E-state index contributed by atoms with van der Waals surface area (Å²) in [6.45, 7) is 0.594. The maximum Gasteiger partial charge on any atom is 0.389 e. The van der Waals surface area contributed by atoms with E-state index in [-0.39, 0.29) is 0 Å². The smallest absolute Gasteiger partial charge is 0.207 e. The first-order valence-electron chi connectivity index (χ1n) is 4.81. The average molecular weight is 254 g/mol. The maximum absolute atomic E-state index is 12.6. The van der Waals surface area contributed by atoms with Gasteiger partial charge >= 0.3 is 6.18 Å². The van der Waals surface area contributed by atoms with Gasteiger partial charge in [-0.25, -0.2) is 8.78 Å². The monoisotopic (exact) mass is 254 g/mol. The molecule has 0 rings (SSSR count). The molecule has 0 aliphatic rings. The Labute approximate surface area is 95.6 Å². The summed E-state index contributed by atoms with van der Waals surface area (Å²) < 4.78 is 61.0. The Hall–Kier alpha value is -1.37. The summed E-state index contributed by atoms with van der Waals surface area (Å²) in [5.41, 5.74) is -1.99. The first-order chi connectivity index (χ1) is 7.54. The van der Waals surface area contributed by atoms with Crippen LogP contribution in [0.4, 0.5) is 22.0 Å². The van der Waals surface area contributed by atoms with Crippen LogP contribution < -0.4 is 0 Å². The predicted molar refractivity (Wildman–Crippen MR) is 48.8 cm³/mol. The standard InChI is InChI=1S/C10H11F5N2/c1-8(11,12)2-3-9(6-16,7-17)4-5-10(13,14)15/h2-5H2,1H3. The molecule has 0 amide bonds. The molecule has 0 fully saturated rings. The Bertz CT molecular complexity index is 295. The quantitative estimate of drug-likeness (QED) is 0.700. The lowest BCUT2D eigenvalue weighted by Crippen LogP contribution is -2.23. The van der Waals surface area contributed by atoms with E-state index >= 15 is 0 Å². The van der Waals surface area contributed by atoms with Crippen LogP contribution in [-0.2, 0) is 0 Å². The van der Waals surface area contributed by atoms with Crippen molar-refractivity contribution >= 4 is 0 Å². The van der Waals surface area contributed by atoms with Crippen LogP contribution in [0.15, 0.2) is 0 Å². The molecule has 0 saturated carbocycles. The second-order valence-corrected chi connectivity index (χ2v) is 3.99. The highest BCUT2D eigenvalue weighted by Gasteiger charge is 2.38. The van der Waals surface area contributed by atoms with E-state index in [4.69, 9.17) is 10.5 Å². The zero-order chi connectivity index (χ0) is 13.7. The van der Waals surface area contributed by atoms with Gasteiger partial charge in [0.15, 0.2) is 0 Å². The van der Waals surface area contributed by atoms with Crippen LogP contribution in [0.25, 0.3) is 0 Å². The Morgan fingerprint density at radius 1 is 0.824 bits per heavy atom. The lowest BCUT2D eigenvalue weighted by Gasteiger charge is -2.21. The Kier molecular flexibility index (Phi) is 4.88. The minimum Gasteiger partial charge on any atom is -0.207 e. The molecule has 0 aromatic carbocycles. The van der Waals surface area contributed by atoms with Crippen LogP contribution in [0.2, 0.25) is 0 Å². The first kappa shape index (κ1) is 15.6. The van der Waals surface area contributed by atoms with Crippen molar-refractivity contribution in [2.24, 2.45) is 5.41 Å². The van der Waals surface area contributed by atoms with E-state index in [0.717, 1.165) is 0 Å². The molecule has 0 saturated heterocycles. The van der Waals surface area contributed by atoms with E-state index < -0.39 is 43.2 Å². The maximum atomic E-state index is 12.6. The van der Waals surface area contributed by atoms with Crippen LogP contribution in [0, 0.1) is 28.1 Å². The molecule has 0 N–H and O–H groups in total. The summed E-state index contributed by atoms with van der Waals surface area (Å²) in [7, 11) is 0. The molecule has 0 aliphatic heterocycles. The molecule has 0 radical (unpaired) electrons. The SMILES string of the molecule is CC(F)(F)CCC(C#N)(C#N)CCC(F)(F)F. The van der Waals surface area contributed by atoms with E-state index in [1.165, 1.54) is 12.1 Å². The summed E-state index contributed by atoms with van der Waals surface area (Å²) in [6.07, 6.45) is -7.97. The van der Waals surface area contributed by atoms with Crippen LogP contribution >= 0.6 is 0 Å². The Balaban J connectivity index is 4.61. The number of nitriles is 2. The highest BCUT2D eigenvalue weighted by molar-refractivity contribution is 5.13. The number of hydrogen-bond donors (Lipinski definition) is 0. The highest BCUT2D eigenvalue weighted by atomic mass is 19.4. The van der Waals surface area contributed by atoms with E-state index in [1.54, 1.807) is 0 Å². The van der Waals surface area contributed by atoms with E-state index in [0.29, 0.717) is 6.92 Å². The number of halogens is 5. The van der Waals surface area contributed by atoms with E-state index in [1.807, 2.05) is 0 Å². The largest absolute Gasteiger partial charge is 0.389 e. The van der Waals surface area contributed by atoms with Gasteiger partial charge in [0, 0.05) is 12.8 Å². The third kappa shape index (κ3) is 6.72. The van der Waals surface area contributed by atoms with Gasteiger partial charge in [-0.3, -0.25) is 0 Å². The fourth-order valence-electron chi connectivity index (χ4n) is 1.16. The van der Waals surface area contributed by atoms with E-state index in [9.17, 15) is 22.0 Å². The summed E-state index contributed by atoms with van der Waals surface area (Å²) >= 11 is 0. The second-order valence-electron chi connectivity index (χ2n) is 3.99. The van der Waals surface area contributed by atoms with Gasteiger partial charge in [0.1, 0.15) is 5.41 Å². The summed E-state index contributed by atoms with van der Waals surface area (Å²) in [6, 6.07) is 2.83.